The van der Waals surface area contributed by atoms with Crippen LogP contribution in [-0.2, 0) is 0 Å². The molecular weight excluding hydrogens is 337 g/mol. The molecule has 0 aromatic heterocycles. The second kappa shape index (κ2) is 6.45. The topological polar surface area (TPSA) is 44.5 Å². The minimum absolute atomic E-state index is 0.272. The highest BCUT2D eigenvalue weighted by atomic mass is 79.9. The molecule has 0 spiro atoms. The van der Waals surface area contributed by atoms with E-state index in [1.807, 2.05) is 19.1 Å². The molecule has 0 fully saturated rings. The van der Waals surface area contributed by atoms with Crippen molar-refractivity contribution in [3.8, 4) is 11.5 Å². The van der Waals surface area contributed by atoms with Gasteiger partial charge >= 0.3 is 0 Å². The first-order valence-corrected chi connectivity index (χ1v) is 7.21. The van der Waals surface area contributed by atoms with Crippen LogP contribution in [0.4, 0.5) is 4.39 Å². The summed E-state index contributed by atoms with van der Waals surface area (Å²) < 4.78 is 24.6. The summed E-state index contributed by atoms with van der Waals surface area (Å²) in [5.41, 5.74) is 8.80. The van der Waals surface area contributed by atoms with E-state index in [9.17, 15) is 4.39 Å². The summed E-state index contributed by atoms with van der Waals surface area (Å²) in [6.45, 7) is 1.84. The Labute approximate surface area is 132 Å². The van der Waals surface area contributed by atoms with Crippen molar-refractivity contribution in [2.24, 2.45) is 5.73 Å². The first-order chi connectivity index (χ1) is 9.99. The molecule has 1 atom stereocenters. The second-order valence-corrected chi connectivity index (χ2v) is 5.48. The van der Waals surface area contributed by atoms with E-state index in [2.05, 4.69) is 15.9 Å². The fourth-order valence-electron chi connectivity index (χ4n) is 2.32. The lowest BCUT2D eigenvalue weighted by molar-refractivity contribution is 0.385. The summed E-state index contributed by atoms with van der Waals surface area (Å²) in [7, 11) is 3.16. The Morgan fingerprint density at radius 2 is 1.76 bits per heavy atom. The maximum absolute atomic E-state index is 13.2. The number of ether oxygens (including phenoxy) is 2. The van der Waals surface area contributed by atoms with Gasteiger partial charge in [0.25, 0.3) is 0 Å². The molecule has 0 aliphatic carbocycles. The van der Waals surface area contributed by atoms with Gasteiger partial charge < -0.3 is 15.2 Å². The van der Waals surface area contributed by atoms with Crippen LogP contribution in [0.25, 0.3) is 0 Å². The van der Waals surface area contributed by atoms with E-state index in [0.717, 1.165) is 16.7 Å². The lowest BCUT2D eigenvalue weighted by Gasteiger charge is -2.20. The van der Waals surface area contributed by atoms with Crippen LogP contribution in [0.1, 0.15) is 22.7 Å². The number of rotatable bonds is 4. The zero-order valence-corrected chi connectivity index (χ0v) is 13.7. The monoisotopic (exact) mass is 353 g/mol. The van der Waals surface area contributed by atoms with Crippen molar-refractivity contribution in [3.05, 3.63) is 57.3 Å². The van der Waals surface area contributed by atoms with Crippen LogP contribution in [0, 0.1) is 12.7 Å². The highest BCUT2D eigenvalue weighted by Gasteiger charge is 2.20. The minimum atomic E-state index is -0.414. The smallest absolute Gasteiger partial charge is 0.141 e. The number of hydrogen-bond donors (Lipinski definition) is 1. The van der Waals surface area contributed by atoms with E-state index in [0.29, 0.717) is 16.0 Å². The first kappa shape index (κ1) is 15.8. The van der Waals surface area contributed by atoms with Crippen LogP contribution >= 0.6 is 15.9 Å². The van der Waals surface area contributed by atoms with Crippen LogP contribution in [0.5, 0.6) is 11.5 Å². The Morgan fingerprint density at radius 3 is 2.33 bits per heavy atom. The maximum Gasteiger partial charge on any atom is 0.141 e. The van der Waals surface area contributed by atoms with Crippen molar-refractivity contribution in [3.63, 3.8) is 0 Å². The van der Waals surface area contributed by atoms with Gasteiger partial charge in [0.2, 0.25) is 0 Å². The summed E-state index contributed by atoms with van der Waals surface area (Å²) >= 11 is 3.46. The molecule has 2 rings (SSSR count). The number of benzene rings is 2. The fraction of sp³-hybridized carbons (Fsp3) is 0.250. The van der Waals surface area contributed by atoms with Gasteiger partial charge in [-0.3, -0.25) is 0 Å². The molecule has 0 bridgehead atoms. The van der Waals surface area contributed by atoms with Gasteiger partial charge in [-0.05, 0) is 58.2 Å². The third-order valence-corrected chi connectivity index (χ3v) is 4.17. The van der Waals surface area contributed by atoms with E-state index < -0.39 is 6.04 Å². The number of hydrogen-bond acceptors (Lipinski definition) is 3. The molecule has 1 unspecified atom stereocenters. The highest BCUT2D eigenvalue weighted by molar-refractivity contribution is 9.10. The van der Waals surface area contributed by atoms with E-state index in [4.69, 9.17) is 15.2 Å². The summed E-state index contributed by atoms with van der Waals surface area (Å²) in [6, 6.07) is 7.85. The molecule has 2 N–H and O–H groups in total. The standard InChI is InChI=1S/C16H17BrFNO2/c1-9-8-10(18)4-5-11(9)15(19)12-6-7-13(20-2)14(17)16(12)21-3/h4-8,15H,19H2,1-3H3. The van der Waals surface area contributed by atoms with E-state index in [-0.39, 0.29) is 5.82 Å². The van der Waals surface area contributed by atoms with Crippen LogP contribution in [0.15, 0.2) is 34.8 Å². The van der Waals surface area contributed by atoms with Crippen LogP contribution in [0.3, 0.4) is 0 Å². The van der Waals surface area contributed by atoms with Crippen molar-refractivity contribution in [1.82, 2.24) is 0 Å². The van der Waals surface area contributed by atoms with Gasteiger partial charge in [0.05, 0.1) is 20.3 Å². The largest absolute Gasteiger partial charge is 0.495 e. The molecule has 0 heterocycles. The molecular formula is C16H17BrFNO2. The molecule has 2 aromatic rings. The zero-order chi connectivity index (χ0) is 15.6. The van der Waals surface area contributed by atoms with E-state index in [1.54, 1.807) is 20.3 Å². The fourth-order valence-corrected chi connectivity index (χ4v) is 3.00. The number of nitrogens with two attached hydrogens (primary N) is 1. The Kier molecular flexibility index (Phi) is 4.85. The normalized spacial score (nSPS) is 12.1. The van der Waals surface area contributed by atoms with Crippen molar-refractivity contribution in [2.75, 3.05) is 14.2 Å². The second-order valence-electron chi connectivity index (χ2n) is 4.68. The van der Waals surface area contributed by atoms with Crippen molar-refractivity contribution in [2.45, 2.75) is 13.0 Å². The van der Waals surface area contributed by atoms with Crippen LogP contribution in [0.2, 0.25) is 0 Å². The average molecular weight is 354 g/mol. The molecule has 2 aromatic carbocycles. The number of methoxy groups -OCH3 is 2. The number of halogens is 2. The van der Waals surface area contributed by atoms with E-state index >= 15 is 0 Å². The highest BCUT2D eigenvalue weighted by Crippen LogP contribution is 2.40. The lowest BCUT2D eigenvalue weighted by atomic mass is 9.95. The predicted octanol–water partition coefficient (Wildman–Crippen LogP) is 3.96. The first-order valence-electron chi connectivity index (χ1n) is 6.41. The Bertz CT molecular complexity index is 661. The number of aryl methyl sites for hydroxylation is 1. The van der Waals surface area contributed by atoms with Gasteiger partial charge in [-0.1, -0.05) is 6.07 Å². The van der Waals surface area contributed by atoms with Crippen LogP contribution < -0.4 is 15.2 Å². The van der Waals surface area contributed by atoms with Crippen molar-refractivity contribution in [1.29, 1.82) is 0 Å². The lowest BCUT2D eigenvalue weighted by Crippen LogP contribution is -2.15. The SMILES string of the molecule is COc1ccc(C(N)c2ccc(F)cc2C)c(OC)c1Br. The summed E-state index contributed by atoms with van der Waals surface area (Å²) in [6.07, 6.45) is 0. The molecule has 0 saturated heterocycles. The Hall–Kier alpha value is -1.59. The molecule has 0 amide bonds. The van der Waals surface area contributed by atoms with E-state index in [1.165, 1.54) is 12.1 Å². The third kappa shape index (κ3) is 3.04. The van der Waals surface area contributed by atoms with Gasteiger partial charge in [0.1, 0.15) is 21.8 Å². The predicted molar refractivity (Wildman–Crippen MR) is 84.4 cm³/mol. The van der Waals surface area contributed by atoms with Gasteiger partial charge in [-0.2, -0.15) is 0 Å². The quantitative estimate of drug-likeness (QED) is 0.904. The summed E-state index contributed by atoms with van der Waals surface area (Å²) in [5, 5.41) is 0. The molecule has 112 valence electrons. The molecule has 5 heteroatoms. The maximum atomic E-state index is 13.2. The molecule has 21 heavy (non-hydrogen) atoms. The summed E-state index contributed by atoms with van der Waals surface area (Å²) in [4.78, 5) is 0. The average Bonchev–Trinajstić information content (AvgIpc) is 2.46. The van der Waals surface area contributed by atoms with Crippen molar-refractivity contribution < 1.29 is 13.9 Å². The Balaban J connectivity index is 2.52. The van der Waals surface area contributed by atoms with Gasteiger partial charge in [0, 0.05) is 5.56 Å². The molecule has 0 aliphatic rings. The van der Waals surface area contributed by atoms with Crippen molar-refractivity contribution >= 4 is 15.9 Å². The minimum Gasteiger partial charge on any atom is -0.495 e. The molecule has 0 radical (unpaired) electrons. The van der Waals surface area contributed by atoms with Gasteiger partial charge in [-0.15, -0.1) is 0 Å². The molecule has 0 aliphatic heterocycles. The molecule has 3 nitrogen and oxygen atoms in total. The van der Waals surface area contributed by atoms with Gasteiger partial charge in [-0.25, -0.2) is 4.39 Å². The zero-order valence-electron chi connectivity index (χ0n) is 12.1. The summed E-state index contributed by atoms with van der Waals surface area (Å²) in [5.74, 6) is 1.01. The Morgan fingerprint density at radius 1 is 1.10 bits per heavy atom. The third-order valence-electron chi connectivity index (χ3n) is 3.42. The van der Waals surface area contributed by atoms with Crippen LogP contribution in [-0.4, -0.2) is 14.2 Å². The molecule has 0 saturated carbocycles. The van der Waals surface area contributed by atoms with Gasteiger partial charge in [0.15, 0.2) is 0 Å².